The summed E-state index contributed by atoms with van der Waals surface area (Å²) in [5.41, 5.74) is 6.48. The Labute approximate surface area is 232 Å². The maximum absolute atomic E-state index is 14.1. The lowest BCUT2D eigenvalue weighted by atomic mass is 9.60. The first-order chi connectivity index (χ1) is 17.4. The highest BCUT2D eigenvalue weighted by atomic mass is 79.9. The molecule has 10 heteroatoms. The fourth-order valence-electron chi connectivity index (χ4n) is 5.64. The lowest BCUT2D eigenvalue weighted by molar-refractivity contribution is -0.140. The number of esters is 1. The summed E-state index contributed by atoms with van der Waals surface area (Å²) < 4.78 is 6.11. The molecule has 0 fully saturated rings. The highest BCUT2D eigenvalue weighted by Crippen LogP contribution is 2.58. The van der Waals surface area contributed by atoms with Crippen LogP contribution in [0, 0.1) is 5.41 Å². The van der Waals surface area contributed by atoms with Gasteiger partial charge in [-0.3, -0.25) is 14.5 Å². The monoisotopic (exact) mass is 603 g/mol. The zero-order chi connectivity index (χ0) is 26.9. The Balaban J connectivity index is 1.95. The Bertz CT molecular complexity index is 1470. The molecule has 37 heavy (non-hydrogen) atoms. The van der Waals surface area contributed by atoms with Gasteiger partial charge in [0, 0.05) is 38.4 Å². The summed E-state index contributed by atoms with van der Waals surface area (Å²) in [4.78, 5) is 43.4. The number of carbonyl (C=O) groups is 3. The number of hydrogen-bond donors (Lipinski definition) is 2. The molecule has 0 radical (unpaired) electrons. The van der Waals surface area contributed by atoms with Crippen LogP contribution in [0.25, 0.3) is 0 Å². The van der Waals surface area contributed by atoms with E-state index < -0.39 is 22.7 Å². The standard InChI is InChI=1S/C27H24BrCl2N3O4/c1-4-37-24(35)22-23(31)33(18-10-14(29)6-7-16(18)30)19-11-26(2,3)12-20(34)21(19)27(22)15-9-13(28)5-8-17(15)32-25(27)36/h5-10H,4,11-12,31H2,1-3H3,(H,32,36). The Morgan fingerprint density at radius 1 is 1.16 bits per heavy atom. The van der Waals surface area contributed by atoms with Gasteiger partial charge in [0.2, 0.25) is 5.91 Å². The number of anilines is 2. The zero-order valence-electron chi connectivity index (χ0n) is 20.4. The van der Waals surface area contributed by atoms with Crippen molar-refractivity contribution in [2.45, 2.75) is 39.0 Å². The molecule has 0 aromatic heterocycles. The molecule has 1 unspecified atom stereocenters. The number of fused-ring (bicyclic) bond motifs is 3. The number of allylic oxidation sites excluding steroid dienone is 1. The molecule has 0 bridgehead atoms. The number of ether oxygens (including phenoxy) is 1. The van der Waals surface area contributed by atoms with Gasteiger partial charge in [-0.25, -0.2) is 4.79 Å². The highest BCUT2D eigenvalue weighted by molar-refractivity contribution is 9.10. The van der Waals surface area contributed by atoms with E-state index in [2.05, 4.69) is 21.2 Å². The number of rotatable bonds is 3. The largest absolute Gasteiger partial charge is 0.462 e. The second-order valence-electron chi connectivity index (χ2n) is 10.1. The molecule has 2 aromatic carbocycles. The minimum Gasteiger partial charge on any atom is -0.462 e. The molecule has 5 rings (SSSR count). The number of hydrogen-bond acceptors (Lipinski definition) is 6. The molecule has 1 aliphatic carbocycles. The Kier molecular flexibility index (Phi) is 6.21. The third kappa shape index (κ3) is 3.80. The fraction of sp³-hybridized carbons (Fsp3) is 0.296. The van der Waals surface area contributed by atoms with Crippen molar-refractivity contribution in [3.8, 4) is 0 Å². The number of halogens is 3. The number of amides is 1. The highest BCUT2D eigenvalue weighted by Gasteiger charge is 2.63. The van der Waals surface area contributed by atoms with Crippen LogP contribution in [0.3, 0.4) is 0 Å². The number of nitrogens with two attached hydrogens (primary N) is 1. The maximum Gasteiger partial charge on any atom is 0.339 e. The molecule has 1 atom stereocenters. The van der Waals surface area contributed by atoms with Crippen LogP contribution in [-0.2, 0) is 24.5 Å². The molecule has 2 aliphatic heterocycles. The van der Waals surface area contributed by atoms with E-state index >= 15 is 0 Å². The number of benzene rings is 2. The smallest absolute Gasteiger partial charge is 0.339 e. The molecule has 1 amide bonds. The second kappa shape index (κ2) is 8.89. The molecule has 0 saturated carbocycles. The van der Waals surface area contributed by atoms with E-state index in [0.717, 1.165) is 0 Å². The van der Waals surface area contributed by atoms with Crippen molar-refractivity contribution >= 4 is 68.2 Å². The van der Waals surface area contributed by atoms with E-state index in [1.54, 1.807) is 48.2 Å². The molecule has 2 aromatic rings. The number of carbonyl (C=O) groups excluding carboxylic acids is 3. The van der Waals surface area contributed by atoms with Crippen LogP contribution in [0.2, 0.25) is 10.0 Å². The van der Waals surface area contributed by atoms with Crippen LogP contribution >= 0.6 is 39.1 Å². The maximum atomic E-state index is 14.1. The van der Waals surface area contributed by atoms with E-state index in [4.69, 9.17) is 33.7 Å². The summed E-state index contributed by atoms with van der Waals surface area (Å²) in [6.45, 7) is 5.65. The summed E-state index contributed by atoms with van der Waals surface area (Å²) in [5.74, 6) is -1.64. The van der Waals surface area contributed by atoms with Gasteiger partial charge in [-0.1, -0.05) is 53.0 Å². The van der Waals surface area contributed by atoms with Crippen LogP contribution in [0.1, 0.15) is 39.2 Å². The third-order valence-corrected chi connectivity index (χ3v) is 8.02. The molecule has 192 valence electrons. The van der Waals surface area contributed by atoms with Crippen molar-refractivity contribution < 1.29 is 19.1 Å². The number of ketones is 1. The molecule has 3 N–H and O–H groups in total. The molecule has 3 aliphatic rings. The molecular weight excluding hydrogens is 581 g/mol. The first-order valence-corrected chi connectivity index (χ1v) is 13.3. The van der Waals surface area contributed by atoms with Gasteiger partial charge in [0.1, 0.15) is 16.8 Å². The van der Waals surface area contributed by atoms with Gasteiger partial charge >= 0.3 is 5.97 Å². The minimum atomic E-state index is -1.79. The Morgan fingerprint density at radius 3 is 2.59 bits per heavy atom. The minimum absolute atomic E-state index is 0.0451. The predicted octanol–water partition coefficient (Wildman–Crippen LogP) is 5.84. The van der Waals surface area contributed by atoms with Crippen molar-refractivity contribution in [3.63, 3.8) is 0 Å². The molecular formula is C27H24BrCl2N3O4. The van der Waals surface area contributed by atoms with Crippen molar-refractivity contribution in [1.29, 1.82) is 0 Å². The summed E-state index contributed by atoms with van der Waals surface area (Å²) >= 11 is 16.4. The van der Waals surface area contributed by atoms with E-state index in [0.29, 0.717) is 43.6 Å². The van der Waals surface area contributed by atoms with Crippen molar-refractivity contribution in [2.75, 3.05) is 16.8 Å². The van der Waals surface area contributed by atoms with E-state index in [-0.39, 0.29) is 35.8 Å². The third-order valence-electron chi connectivity index (χ3n) is 6.97. The fourth-order valence-corrected chi connectivity index (χ4v) is 6.37. The van der Waals surface area contributed by atoms with Crippen LogP contribution in [0.4, 0.5) is 11.4 Å². The van der Waals surface area contributed by atoms with E-state index in [1.807, 2.05) is 13.8 Å². The average Bonchev–Trinajstić information content (AvgIpc) is 3.06. The van der Waals surface area contributed by atoms with E-state index in [1.165, 1.54) is 0 Å². The number of nitrogens with one attached hydrogen (secondary N) is 1. The van der Waals surface area contributed by atoms with E-state index in [9.17, 15) is 14.4 Å². The predicted molar refractivity (Wildman–Crippen MR) is 146 cm³/mol. The first-order valence-electron chi connectivity index (χ1n) is 11.7. The van der Waals surface area contributed by atoms with Gasteiger partial charge in [-0.15, -0.1) is 0 Å². The van der Waals surface area contributed by atoms with Crippen LogP contribution < -0.4 is 16.0 Å². The number of Topliss-reactive ketones (excluding diaryl/α,β-unsaturated/α-hetero) is 1. The topological polar surface area (TPSA) is 102 Å². The van der Waals surface area contributed by atoms with Gasteiger partial charge in [0.15, 0.2) is 5.78 Å². The van der Waals surface area contributed by atoms with Gasteiger partial charge in [-0.2, -0.15) is 0 Å². The molecule has 7 nitrogen and oxygen atoms in total. The van der Waals surface area contributed by atoms with Crippen molar-refractivity contribution in [2.24, 2.45) is 11.1 Å². The zero-order valence-corrected chi connectivity index (χ0v) is 23.5. The normalized spacial score (nSPS) is 22.3. The van der Waals surface area contributed by atoms with Crippen molar-refractivity contribution in [1.82, 2.24) is 0 Å². The molecule has 2 heterocycles. The summed E-state index contributed by atoms with van der Waals surface area (Å²) in [6, 6.07) is 10.1. The second-order valence-corrected chi connectivity index (χ2v) is 11.8. The Hall–Kier alpha value is -2.81. The lowest BCUT2D eigenvalue weighted by Crippen LogP contribution is -2.54. The molecule has 1 spiro atoms. The van der Waals surface area contributed by atoms with Gasteiger partial charge in [0.05, 0.1) is 17.3 Å². The SMILES string of the molecule is CCOC(=O)C1=C(N)N(c2cc(Cl)ccc2Cl)C2=C(C(=O)CC(C)(C)C2)C12C(=O)Nc1ccc(Br)cc12. The molecule has 0 saturated heterocycles. The van der Waals surface area contributed by atoms with Crippen LogP contribution in [0.15, 0.2) is 63.5 Å². The number of nitrogens with zero attached hydrogens (tertiary/aromatic N) is 1. The van der Waals surface area contributed by atoms with Gasteiger partial charge < -0.3 is 15.8 Å². The summed E-state index contributed by atoms with van der Waals surface area (Å²) in [7, 11) is 0. The summed E-state index contributed by atoms with van der Waals surface area (Å²) in [6.07, 6.45) is 0.573. The van der Waals surface area contributed by atoms with Gasteiger partial charge in [0.25, 0.3) is 0 Å². The lowest BCUT2D eigenvalue weighted by Gasteiger charge is -2.47. The Morgan fingerprint density at radius 2 is 1.89 bits per heavy atom. The van der Waals surface area contributed by atoms with Crippen molar-refractivity contribution in [3.05, 3.63) is 79.1 Å². The van der Waals surface area contributed by atoms with Gasteiger partial charge in [-0.05, 0) is 55.2 Å². The quantitative estimate of drug-likeness (QED) is 0.427. The van der Waals surface area contributed by atoms with Crippen LogP contribution in [0.5, 0.6) is 0 Å². The summed E-state index contributed by atoms with van der Waals surface area (Å²) in [5, 5.41) is 3.58. The van der Waals surface area contributed by atoms with Crippen LogP contribution in [-0.4, -0.2) is 24.3 Å². The average molecular weight is 605 g/mol. The first kappa shape index (κ1) is 25.8.